The molecule has 3 nitrogen and oxygen atoms in total. The average Bonchev–Trinajstić information content (AvgIpc) is 2.55. The van der Waals surface area contributed by atoms with Gasteiger partial charge in [-0.15, -0.1) is 11.3 Å². The van der Waals surface area contributed by atoms with Crippen LogP contribution in [0.2, 0.25) is 0 Å². The molecule has 0 saturated heterocycles. The van der Waals surface area contributed by atoms with Gasteiger partial charge < -0.3 is 11.1 Å². The van der Waals surface area contributed by atoms with Gasteiger partial charge in [-0.1, -0.05) is 13.8 Å². The standard InChI is InChI=1S/C11H21N3S/c1-5-11(12,6-2)7-13-10-14-8(3)9(4)15-10/h5-7,12H2,1-4H3,(H,13,14). The Morgan fingerprint density at radius 3 is 2.33 bits per heavy atom. The van der Waals surface area contributed by atoms with E-state index < -0.39 is 0 Å². The fraction of sp³-hybridized carbons (Fsp3) is 0.727. The lowest BCUT2D eigenvalue weighted by Crippen LogP contribution is -2.45. The van der Waals surface area contributed by atoms with Crippen molar-refractivity contribution in [2.75, 3.05) is 11.9 Å². The van der Waals surface area contributed by atoms with Crippen LogP contribution in [0.5, 0.6) is 0 Å². The Hall–Kier alpha value is -0.610. The summed E-state index contributed by atoms with van der Waals surface area (Å²) in [6, 6.07) is 0. The zero-order chi connectivity index (χ0) is 11.5. The summed E-state index contributed by atoms with van der Waals surface area (Å²) in [5.41, 5.74) is 7.21. The number of thiazole rings is 1. The predicted molar refractivity (Wildman–Crippen MR) is 67.6 cm³/mol. The van der Waals surface area contributed by atoms with Crippen molar-refractivity contribution in [3.05, 3.63) is 10.6 Å². The zero-order valence-corrected chi connectivity index (χ0v) is 10.9. The fourth-order valence-corrected chi connectivity index (χ4v) is 2.11. The summed E-state index contributed by atoms with van der Waals surface area (Å²) in [6.45, 7) is 9.18. The SMILES string of the molecule is CCC(N)(CC)CNc1nc(C)c(C)s1. The molecule has 1 heterocycles. The van der Waals surface area contributed by atoms with Crippen LogP contribution < -0.4 is 11.1 Å². The van der Waals surface area contributed by atoms with Crippen molar-refractivity contribution < 1.29 is 0 Å². The molecule has 0 aliphatic rings. The Morgan fingerprint density at radius 2 is 1.93 bits per heavy atom. The third kappa shape index (κ3) is 3.18. The summed E-state index contributed by atoms with van der Waals surface area (Å²) in [6.07, 6.45) is 1.97. The number of nitrogens with one attached hydrogen (secondary N) is 1. The second kappa shape index (κ2) is 4.94. The lowest BCUT2D eigenvalue weighted by atomic mass is 9.94. The highest BCUT2D eigenvalue weighted by molar-refractivity contribution is 7.15. The molecule has 0 bridgehead atoms. The second-order valence-corrected chi connectivity index (χ2v) is 5.29. The highest BCUT2D eigenvalue weighted by Gasteiger charge is 2.20. The van der Waals surface area contributed by atoms with Gasteiger partial charge in [-0.05, 0) is 26.7 Å². The minimum atomic E-state index is -0.104. The number of hydrogen-bond donors (Lipinski definition) is 2. The van der Waals surface area contributed by atoms with Gasteiger partial charge >= 0.3 is 0 Å². The first kappa shape index (κ1) is 12.5. The number of aryl methyl sites for hydroxylation is 2. The van der Waals surface area contributed by atoms with Gasteiger partial charge in [0.25, 0.3) is 0 Å². The van der Waals surface area contributed by atoms with Crippen LogP contribution in [0, 0.1) is 13.8 Å². The normalized spacial score (nSPS) is 11.8. The third-order valence-electron chi connectivity index (χ3n) is 3.03. The van der Waals surface area contributed by atoms with Crippen LogP contribution in [0.15, 0.2) is 0 Å². The molecular formula is C11H21N3S. The Labute approximate surface area is 96.1 Å². The number of rotatable bonds is 5. The van der Waals surface area contributed by atoms with Crippen LogP contribution in [-0.4, -0.2) is 17.1 Å². The molecule has 1 aromatic heterocycles. The van der Waals surface area contributed by atoms with Crippen molar-refractivity contribution in [3.63, 3.8) is 0 Å². The van der Waals surface area contributed by atoms with E-state index in [0.717, 1.165) is 30.2 Å². The summed E-state index contributed by atoms with van der Waals surface area (Å²) < 4.78 is 0. The van der Waals surface area contributed by atoms with E-state index in [2.05, 4.69) is 31.1 Å². The molecule has 1 aromatic rings. The maximum atomic E-state index is 6.20. The Balaban J connectivity index is 2.56. The van der Waals surface area contributed by atoms with Crippen molar-refractivity contribution >= 4 is 16.5 Å². The first-order valence-corrected chi connectivity index (χ1v) is 6.29. The van der Waals surface area contributed by atoms with Crippen molar-refractivity contribution in [2.24, 2.45) is 5.73 Å². The Bertz CT molecular complexity index is 296. The monoisotopic (exact) mass is 227 g/mol. The minimum absolute atomic E-state index is 0.104. The van der Waals surface area contributed by atoms with Crippen LogP contribution in [-0.2, 0) is 0 Å². The van der Waals surface area contributed by atoms with E-state index in [9.17, 15) is 0 Å². The smallest absolute Gasteiger partial charge is 0.183 e. The van der Waals surface area contributed by atoms with Gasteiger partial charge in [0.1, 0.15) is 0 Å². The van der Waals surface area contributed by atoms with Crippen molar-refractivity contribution in [3.8, 4) is 0 Å². The largest absolute Gasteiger partial charge is 0.360 e. The van der Waals surface area contributed by atoms with Crippen LogP contribution in [0.25, 0.3) is 0 Å². The van der Waals surface area contributed by atoms with Crippen molar-refractivity contribution in [2.45, 2.75) is 46.1 Å². The molecule has 0 aliphatic carbocycles. The zero-order valence-electron chi connectivity index (χ0n) is 10.1. The quantitative estimate of drug-likeness (QED) is 0.813. The number of hydrogen-bond acceptors (Lipinski definition) is 4. The van der Waals surface area contributed by atoms with Gasteiger partial charge in [-0.25, -0.2) is 4.98 Å². The average molecular weight is 227 g/mol. The van der Waals surface area contributed by atoms with Gasteiger partial charge in [-0.3, -0.25) is 0 Å². The highest BCUT2D eigenvalue weighted by Crippen LogP contribution is 2.22. The Kier molecular flexibility index (Phi) is 4.11. The first-order chi connectivity index (χ1) is 7.00. The van der Waals surface area contributed by atoms with Crippen LogP contribution in [0.4, 0.5) is 5.13 Å². The number of nitrogens with two attached hydrogens (primary N) is 1. The van der Waals surface area contributed by atoms with E-state index in [4.69, 9.17) is 5.73 Å². The van der Waals surface area contributed by atoms with E-state index in [1.54, 1.807) is 11.3 Å². The lowest BCUT2D eigenvalue weighted by molar-refractivity contribution is 0.418. The van der Waals surface area contributed by atoms with E-state index in [0.29, 0.717) is 0 Å². The molecule has 0 saturated carbocycles. The van der Waals surface area contributed by atoms with E-state index in [1.165, 1.54) is 4.88 Å². The topological polar surface area (TPSA) is 50.9 Å². The number of nitrogens with zero attached hydrogens (tertiary/aromatic N) is 1. The molecule has 0 spiro atoms. The molecule has 0 fully saturated rings. The number of anilines is 1. The first-order valence-electron chi connectivity index (χ1n) is 5.47. The molecule has 86 valence electrons. The maximum Gasteiger partial charge on any atom is 0.183 e. The van der Waals surface area contributed by atoms with Crippen molar-refractivity contribution in [1.82, 2.24) is 4.98 Å². The summed E-state index contributed by atoms with van der Waals surface area (Å²) in [5, 5.41) is 4.32. The molecular weight excluding hydrogens is 206 g/mol. The summed E-state index contributed by atoms with van der Waals surface area (Å²) >= 11 is 1.70. The van der Waals surface area contributed by atoms with Gasteiger partial charge in [0.05, 0.1) is 5.69 Å². The third-order valence-corrected chi connectivity index (χ3v) is 4.06. The second-order valence-electron chi connectivity index (χ2n) is 4.08. The number of aromatic nitrogens is 1. The molecule has 1 rings (SSSR count). The molecule has 15 heavy (non-hydrogen) atoms. The minimum Gasteiger partial charge on any atom is -0.360 e. The molecule has 0 atom stereocenters. The summed E-state index contributed by atoms with van der Waals surface area (Å²) in [5.74, 6) is 0. The van der Waals surface area contributed by atoms with Crippen LogP contribution >= 0.6 is 11.3 Å². The molecule has 3 N–H and O–H groups in total. The van der Waals surface area contributed by atoms with Crippen molar-refractivity contribution in [1.29, 1.82) is 0 Å². The lowest BCUT2D eigenvalue weighted by Gasteiger charge is -2.26. The fourth-order valence-electron chi connectivity index (χ4n) is 1.30. The summed E-state index contributed by atoms with van der Waals surface area (Å²) in [4.78, 5) is 5.71. The van der Waals surface area contributed by atoms with E-state index in [-0.39, 0.29) is 5.54 Å². The highest BCUT2D eigenvalue weighted by atomic mass is 32.1. The van der Waals surface area contributed by atoms with E-state index >= 15 is 0 Å². The van der Waals surface area contributed by atoms with Crippen LogP contribution in [0.3, 0.4) is 0 Å². The molecule has 0 aromatic carbocycles. The molecule has 0 aliphatic heterocycles. The molecule has 4 heteroatoms. The molecule has 0 unspecified atom stereocenters. The molecule has 0 amide bonds. The van der Waals surface area contributed by atoms with Gasteiger partial charge in [0, 0.05) is 17.0 Å². The molecule has 0 radical (unpaired) electrons. The summed E-state index contributed by atoms with van der Waals surface area (Å²) in [7, 11) is 0. The van der Waals surface area contributed by atoms with Gasteiger partial charge in [-0.2, -0.15) is 0 Å². The van der Waals surface area contributed by atoms with Gasteiger partial charge in [0.15, 0.2) is 5.13 Å². The van der Waals surface area contributed by atoms with Gasteiger partial charge in [0.2, 0.25) is 0 Å². The van der Waals surface area contributed by atoms with E-state index in [1.807, 2.05) is 6.92 Å². The predicted octanol–water partition coefficient (Wildman–Crippen LogP) is 2.69. The Morgan fingerprint density at radius 1 is 1.33 bits per heavy atom. The van der Waals surface area contributed by atoms with Crippen LogP contribution in [0.1, 0.15) is 37.3 Å². The maximum absolute atomic E-state index is 6.20.